The lowest BCUT2D eigenvalue weighted by Gasteiger charge is -2.20. The molecule has 29 heavy (non-hydrogen) atoms. The predicted molar refractivity (Wildman–Crippen MR) is 113 cm³/mol. The van der Waals surface area contributed by atoms with E-state index in [-0.39, 0.29) is 18.5 Å². The second-order valence-corrected chi connectivity index (χ2v) is 9.00. The number of rotatable bonds is 7. The fraction of sp³-hybridized carbons (Fsp3) is 0.409. The van der Waals surface area contributed by atoms with E-state index in [9.17, 15) is 14.4 Å². The summed E-state index contributed by atoms with van der Waals surface area (Å²) in [6.45, 7) is 7.60. The van der Waals surface area contributed by atoms with E-state index in [1.54, 1.807) is 13.0 Å². The molecule has 4 amide bonds. The van der Waals surface area contributed by atoms with Crippen LogP contribution in [-0.4, -0.2) is 29.3 Å². The number of carbonyl (C=O) groups is 3. The SMILES string of the molecule is CC(C)Cc1ccc(C(C)NC(=O)CN2C(=O)NC(C)(c3cccs3)C2=O)cc1. The van der Waals surface area contributed by atoms with E-state index < -0.39 is 17.5 Å². The maximum absolute atomic E-state index is 12.8. The molecule has 1 fully saturated rings. The van der Waals surface area contributed by atoms with Crippen molar-refractivity contribution in [3.63, 3.8) is 0 Å². The fourth-order valence-electron chi connectivity index (χ4n) is 3.50. The lowest BCUT2D eigenvalue weighted by molar-refractivity contribution is -0.134. The van der Waals surface area contributed by atoms with Gasteiger partial charge < -0.3 is 10.6 Å². The minimum atomic E-state index is -1.12. The van der Waals surface area contributed by atoms with Crippen LogP contribution in [0.5, 0.6) is 0 Å². The molecule has 2 atom stereocenters. The average molecular weight is 414 g/mol. The molecule has 0 spiro atoms. The molecular formula is C22H27N3O3S. The molecule has 1 aromatic heterocycles. The monoisotopic (exact) mass is 413 g/mol. The highest BCUT2D eigenvalue weighted by Crippen LogP contribution is 2.31. The summed E-state index contributed by atoms with van der Waals surface area (Å²) >= 11 is 1.40. The highest BCUT2D eigenvalue weighted by molar-refractivity contribution is 7.10. The zero-order valence-corrected chi connectivity index (χ0v) is 18.0. The molecule has 7 heteroatoms. The first-order chi connectivity index (χ1) is 13.7. The predicted octanol–water partition coefficient (Wildman–Crippen LogP) is 3.59. The largest absolute Gasteiger partial charge is 0.348 e. The first-order valence-corrected chi connectivity index (χ1v) is 10.6. The summed E-state index contributed by atoms with van der Waals surface area (Å²) in [5.74, 6) is -0.199. The van der Waals surface area contributed by atoms with Gasteiger partial charge in [0.1, 0.15) is 6.54 Å². The Kier molecular flexibility index (Phi) is 6.07. The van der Waals surface area contributed by atoms with Crippen molar-refractivity contribution in [2.75, 3.05) is 6.54 Å². The van der Waals surface area contributed by atoms with Crippen LogP contribution in [-0.2, 0) is 21.5 Å². The molecule has 0 saturated carbocycles. The molecule has 154 valence electrons. The third-order valence-electron chi connectivity index (χ3n) is 5.09. The van der Waals surface area contributed by atoms with E-state index in [2.05, 4.69) is 36.6 Å². The first kappa shape index (κ1) is 21.0. The lowest BCUT2D eigenvalue weighted by Crippen LogP contribution is -2.43. The lowest BCUT2D eigenvalue weighted by atomic mass is 10.00. The van der Waals surface area contributed by atoms with Crippen molar-refractivity contribution >= 4 is 29.2 Å². The molecule has 1 aliphatic heterocycles. The number of hydrogen-bond acceptors (Lipinski definition) is 4. The Balaban J connectivity index is 1.61. The molecule has 1 aliphatic rings. The van der Waals surface area contributed by atoms with Crippen LogP contribution < -0.4 is 10.6 Å². The average Bonchev–Trinajstić information content (AvgIpc) is 3.26. The molecule has 3 rings (SSSR count). The van der Waals surface area contributed by atoms with Gasteiger partial charge in [-0.2, -0.15) is 0 Å². The van der Waals surface area contributed by atoms with E-state index in [1.165, 1.54) is 16.9 Å². The van der Waals surface area contributed by atoms with Crippen LogP contribution in [0.4, 0.5) is 4.79 Å². The summed E-state index contributed by atoms with van der Waals surface area (Å²) in [6.07, 6.45) is 1.01. The molecule has 1 saturated heterocycles. The molecule has 0 aliphatic carbocycles. The Morgan fingerprint density at radius 3 is 2.45 bits per heavy atom. The van der Waals surface area contributed by atoms with Crippen molar-refractivity contribution < 1.29 is 14.4 Å². The van der Waals surface area contributed by atoms with Gasteiger partial charge in [-0.05, 0) is 48.8 Å². The Morgan fingerprint density at radius 2 is 1.86 bits per heavy atom. The maximum Gasteiger partial charge on any atom is 0.325 e. The summed E-state index contributed by atoms with van der Waals surface area (Å²) in [6, 6.07) is 11.0. The van der Waals surface area contributed by atoms with Gasteiger partial charge in [0, 0.05) is 4.88 Å². The number of imide groups is 1. The van der Waals surface area contributed by atoms with Crippen molar-refractivity contribution in [3.8, 4) is 0 Å². The van der Waals surface area contributed by atoms with E-state index in [0.29, 0.717) is 5.92 Å². The van der Waals surface area contributed by atoms with Crippen molar-refractivity contribution in [1.82, 2.24) is 15.5 Å². The Labute approximate surface area is 175 Å². The van der Waals surface area contributed by atoms with Crippen LogP contribution >= 0.6 is 11.3 Å². The maximum atomic E-state index is 12.8. The molecule has 0 radical (unpaired) electrons. The van der Waals surface area contributed by atoms with Crippen molar-refractivity contribution in [3.05, 3.63) is 57.8 Å². The highest BCUT2D eigenvalue weighted by atomic mass is 32.1. The van der Waals surface area contributed by atoms with Crippen molar-refractivity contribution in [1.29, 1.82) is 0 Å². The van der Waals surface area contributed by atoms with Gasteiger partial charge in [-0.1, -0.05) is 44.2 Å². The summed E-state index contributed by atoms with van der Waals surface area (Å²) in [7, 11) is 0. The van der Waals surface area contributed by atoms with E-state index in [0.717, 1.165) is 21.8 Å². The zero-order valence-electron chi connectivity index (χ0n) is 17.2. The van der Waals surface area contributed by atoms with Crippen LogP contribution in [0.1, 0.15) is 49.7 Å². The van der Waals surface area contributed by atoms with Gasteiger partial charge in [-0.3, -0.25) is 14.5 Å². The fourth-order valence-corrected chi connectivity index (χ4v) is 4.33. The second-order valence-electron chi connectivity index (χ2n) is 8.05. The standard InChI is InChI=1S/C22H27N3O3S/c1-14(2)12-16-7-9-17(10-8-16)15(3)23-19(26)13-25-20(27)22(4,24-21(25)28)18-6-5-11-29-18/h5-11,14-15H,12-13H2,1-4H3,(H,23,26)(H,24,28). The van der Waals surface area contributed by atoms with Crippen LogP contribution in [0.25, 0.3) is 0 Å². The number of benzene rings is 1. The van der Waals surface area contributed by atoms with E-state index >= 15 is 0 Å². The summed E-state index contributed by atoms with van der Waals surface area (Å²) in [5.41, 5.74) is 1.12. The molecule has 2 aromatic rings. The number of amides is 4. The zero-order chi connectivity index (χ0) is 21.2. The van der Waals surface area contributed by atoms with Gasteiger partial charge in [-0.15, -0.1) is 11.3 Å². The van der Waals surface area contributed by atoms with E-state index in [4.69, 9.17) is 0 Å². The summed E-state index contributed by atoms with van der Waals surface area (Å²) in [5, 5.41) is 7.44. The Morgan fingerprint density at radius 1 is 1.17 bits per heavy atom. The van der Waals surface area contributed by atoms with Gasteiger partial charge in [0.05, 0.1) is 6.04 Å². The Hall–Kier alpha value is -2.67. The van der Waals surface area contributed by atoms with Crippen LogP contribution in [0, 0.1) is 5.92 Å². The highest BCUT2D eigenvalue weighted by Gasteiger charge is 2.50. The topological polar surface area (TPSA) is 78.5 Å². The third kappa shape index (κ3) is 4.50. The summed E-state index contributed by atoms with van der Waals surface area (Å²) in [4.78, 5) is 39.4. The van der Waals surface area contributed by atoms with Crippen LogP contribution in [0.3, 0.4) is 0 Å². The van der Waals surface area contributed by atoms with Crippen LogP contribution in [0.2, 0.25) is 0 Å². The smallest absolute Gasteiger partial charge is 0.325 e. The molecular weight excluding hydrogens is 386 g/mol. The van der Waals surface area contributed by atoms with Crippen LogP contribution in [0.15, 0.2) is 41.8 Å². The minimum absolute atomic E-state index is 0.222. The second kappa shape index (κ2) is 8.37. The van der Waals surface area contributed by atoms with E-state index in [1.807, 2.05) is 30.5 Å². The van der Waals surface area contributed by atoms with Gasteiger partial charge in [0.25, 0.3) is 5.91 Å². The molecule has 2 unspecified atom stereocenters. The third-order valence-corrected chi connectivity index (χ3v) is 6.18. The van der Waals surface area contributed by atoms with Gasteiger partial charge in [0.15, 0.2) is 5.54 Å². The van der Waals surface area contributed by atoms with Crippen molar-refractivity contribution in [2.24, 2.45) is 5.92 Å². The number of nitrogens with one attached hydrogen (secondary N) is 2. The molecule has 2 N–H and O–H groups in total. The number of carbonyl (C=O) groups excluding carboxylic acids is 3. The number of nitrogens with zero attached hydrogens (tertiary/aromatic N) is 1. The van der Waals surface area contributed by atoms with Gasteiger partial charge in [0.2, 0.25) is 5.91 Å². The summed E-state index contributed by atoms with van der Waals surface area (Å²) < 4.78 is 0. The quantitative estimate of drug-likeness (QED) is 0.681. The number of hydrogen-bond donors (Lipinski definition) is 2. The molecule has 1 aromatic carbocycles. The first-order valence-electron chi connectivity index (χ1n) is 9.77. The normalized spacial score (nSPS) is 20.1. The van der Waals surface area contributed by atoms with Crippen molar-refractivity contribution in [2.45, 2.75) is 45.7 Å². The number of urea groups is 1. The van der Waals surface area contributed by atoms with Gasteiger partial charge in [-0.25, -0.2) is 4.79 Å². The number of thiophene rings is 1. The molecule has 0 bridgehead atoms. The minimum Gasteiger partial charge on any atom is -0.348 e. The molecule has 6 nitrogen and oxygen atoms in total. The van der Waals surface area contributed by atoms with Gasteiger partial charge >= 0.3 is 6.03 Å². The Bertz CT molecular complexity index is 893. The molecule has 2 heterocycles.